The number of anilines is 3. The first-order chi connectivity index (χ1) is 26.5. The molecule has 0 atom stereocenters. The highest BCUT2D eigenvalue weighted by Gasteiger charge is 2.37. The van der Waals surface area contributed by atoms with Crippen LogP contribution >= 0.6 is 11.3 Å². The molecular formula is C51H36N2S. The van der Waals surface area contributed by atoms with Crippen LogP contribution in [0.25, 0.3) is 69.9 Å². The molecule has 2 nitrogen and oxygen atoms in total. The van der Waals surface area contributed by atoms with Gasteiger partial charge < -0.3 is 9.47 Å². The quantitative estimate of drug-likeness (QED) is 0.177. The molecule has 54 heavy (non-hydrogen) atoms. The molecule has 0 saturated carbocycles. The van der Waals surface area contributed by atoms with E-state index in [-0.39, 0.29) is 5.41 Å². The summed E-state index contributed by atoms with van der Waals surface area (Å²) in [5.41, 5.74) is 14.6. The molecule has 8 aromatic carbocycles. The number of aromatic nitrogens is 1. The van der Waals surface area contributed by atoms with Crippen molar-refractivity contribution in [3.05, 3.63) is 193 Å². The molecule has 256 valence electrons. The summed E-state index contributed by atoms with van der Waals surface area (Å²) in [6.45, 7) is 4.74. The van der Waals surface area contributed by atoms with Crippen molar-refractivity contribution >= 4 is 70.4 Å². The fraction of sp³-hybridized carbons (Fsp3) is 0.0588. The number of para-hydroxylation sites is 3. The summed E-state index contributed by atoms with van der Waals surface area (Å²) in [5.74, 6) is 0. The fourth-order valence-corrected chi connectivity index (χ4v) is 9.96. The Bertz CT molecular complexity index is 3070. The van der Waals surface area contributed by atoms with Gasteiger partial charge in [0.25, 0.3) is 0 Å². The molecular weight excluding hydrogens is 673 g/mol. The van der Waals surface area contributed by atoms with Crippen molar-refractivity contribution in [1.82, 2.24) is 4.57 Å². The van der Waals surface area contributed by atoms with Crippen molar-refractivity contribution in [3.63, 3.8) is 0 Å². The monoisotopic (exact) mass is 708 g/mol. The van der Waals surface area contributed by atoms with E-state index in [1.54, 1.807) is 0 Å². The summed E-state index contributed by atoms with van der Waals surface area (Å²) in [6.07, 6.45) is 0. The van der Waals surface area contributed by atoms with Crippen LogP contribution in [0.1, 0.15) is 25.0 Å². The Labute approximate surface area is 318 Å². The lowest BCUT2D eigenvalue weighted by Gasteiger charge is -2.42. The van der Waals surface area contributed by atoms with E-state index < -0.39 is 0 Å². The molecule has 2 aromatic heterocycles. The average molecular weight is 709 g/mol. The van der Waals surface area contributed by atoms with E-state index in [1.165, 1.54) is 92.4 Å². The van der Waals surface area contributed by atoms with E-state index in [9.17, 15) is 0 Å². The second-order valence-electron chi connectivity index (χ2n) is 15.0. The van der Waals surface area contributed by atoms with Crippen molar-refractivity contribution in [3.8, 4) is 27.9 Å². The highest BCUT2D eigenvalue weighted by Crippen LogP contribution is 2.53. The van der Waals surface area contributed by atoms with Gasteiger partial charge in [-0.25, -0.2) is 0 Å². The molecule has 0 bridgehead atoms. The maximum Gasteiger partial charge on any atom is 0.0541 e. The number of thiophene rings is 1. The van der Waals surface area contributed by atoms with Gasteiger partial charge in [0.05, 0.1) is 22.4 Å². The molecule has 0 N–H and O–H groups in total. The molecule has 10 aromatic rings. The zero-order chi connectivity index (χ0) is 36.0. The van der Waals surface area contributed by atoms with Crippen molar-refractivity contribution in [2.45, 2.75) is 19.3 Å². The van der Waals surface area contributed by atoms with Crippen LogP contribution in [0.2, 0.25) is 0 Å². The highest BCUT2D eigenvalue weighted by atomic mass is 32.1. The Kier molecular flexibility index (Phi) is 6.80. The lowest BCUT2D eigenvalue weighted by atomic mass is 9.73. The molecule has 0 amide bonds. The van der Waals surface area contributed by atoms with E-state index in [2.05, 4.69) is 205 Å². The van der Waals surface area contributed by atoms with Crippen molar-refractivity contribution < 1.29 is 0 Å². The minimum absolute atomic E-state index is 0.190. The van der Waals surface area contributed by atoms with E-state index in [4.69, 9.17) is 0 Å². The molecule has 3 heteroatoms. The molecule has 0 fully saturated rings. The zero-order valence-corrected chi connectivity index (χ0v) is 30.9. The van der Waals surface area contributed by atoms with Gasteiger partial charge in [-0.05, 0) is 112 Å². The Morgan fingerprint density at radius 2 is 0.981 bits per heavy atom. The Hall–Kier alpha value is -6.42. The van der Waals surface area contributed by atoms with Crippen LogP contribution in [0.3, 0.4) is 0 Å². The van der Waals surface area contributed by atoms with Crippen LogP contribution in [0.5, 0.6) is 0 Å². The van der Waals surface area contributed by atoms with Gasteiger partial charge in [-0.1, -0.05) is 117 Å². The summed E-state index contributed by atoms with van der Waals surface area (Å²) in [4.78, 5) is 2.45. The molecule has 3 heterocycles. The Morgan fingerprint density at radius 1 is 0.389 bits per heavy atom. The minimum atomic E-state index is -0.190. The summed E-state index contributed by atoms with van der Waals surface area (Å²) < 4.78 is 5.05. The van der Waals surface area contributed by atoms with E-state index >= 15 is 0 Å². The molecule has 0 aliphatic carbocycles. The van der Waals surface area contributed by atoms with Crippen molar-refractivity contribution in [2.75, 3.05) is 4.90 Å². The van der Waals surface area contributed by atoms with Gasteiger partial charge in [0, 0.05) is 47.7 Å². The van der Waals surface area contributed by atoms with Gasteiger partial charge in [0.15, 0.2) is 0 Å². The SMILES string of the molecule is CC1(C)c2ccccc2N(c2ccc(-c3ccc4sc5ccccc5c4c3)cc2)c2ccc(-c3ccc4c(c3)c3ccccc3n4-c3ccccc3)cc21. The van der Waals surface area contributed by atoms with E-state index in [0.29, 0.717) is 0 Å². The molecule has 0 radical (unpaired) electrons. The zero-order valence-electron chi connectivity index (χ0n) is 30.1. The number of benzene rings is 8. The minimum Gasteiger partial charge on any atom is -0.310 e. The first kappa shape index (κ1) is 31.1. The number of hydrogen-bond donors (Lipinski definition) is 0. The predicted octanol–water partition coefficient (Wildman–Crippen LogP) is 14.6. The smallest absolute Gasteiger partial charge is 0.0541 e. The van der Waals surface area contributed by atoms with Crippen molar-refractivity contribution in [2.24, 2.45) is 0 Å². The number of nitrogens with zero attached hydrogens (tertiary/aromatic N) is 2. The number of fused-ring (bicyclic) bond motifs is 8. The maximum atomic E-state index is 2.45. The highest BCUT2D eigenvalue weighted by molar-refractivity contribution is 7.25. The van der Waals surface area contributed by atoms with E-state index in [0.717, 1.165) is 5.69 Å². The Balaban J connectivity index is 1.02. The number of hydrogen-bond acceptors (Lipinski definition) is 2. The van der Waals surface area contributed by atoms with Gasteiger partial charge in [-0.15, -0.1) is 11.3 Å². The summed E-state index contributed by atoms with van der Waals surface area (Å²) >= 11 is 1.87. The molecule has 0 saturated heterocycles. The standard InChI is InChI=1S/C51H36N2S/c1-51(2)43-16-8-10-18-47(43)53(38-25-20-33(21-26-38)34-24-29-50-42(31-34)40-15-7-11-19-49(40)54-50)48-28-23-36(32-44(48)51)35-22-27-46-41(30-35)39-14-6-9-17-45(39)52(46)37-12-4-3-5-13-37/h3-32H,1-2H3. The average Bonchev–Trinajstić information content (AvgIpc) is 3.76. The van der Waals surface area contributed by atoms with Gasteiger partial charge in [-0.2, -0.15) is 0 Å². The van der Waals surface area contributed by atoms with Gasteiger partial charge in [0.2, 0.25) is 0 Å². The normalized spacial score (nSPS) is 13.5. The predicted molar refractivity (Wildman–Crippen MR) is 231 cm³/mol. The van der Waals surface area contributed by atoms with Crippen molar-refractivity contribution in [1.29, 1.82) is 0 Å². The van der Waals surface area contributed by atoms with Crippen LogP contribution in [0.15, 0.2) is 182 Å². The van der Waals surface area contributed by atoms with Crippen LogP contribution in [-0.4, -0.2) is 4.57 Å². The summed E-state index contributed by atoms with van der Waals surface area (Å²) in [7, 11) is 0. The Morgan fingerprint density at radius 3 is 1.85 bits per heavy atom. The van der Waals surface area contributed by atoms with Crippen LogP contribution in [0.4, 0.5) is 17.1 Å². The molecule has 1 aliphatic rings. The molecule has 0 unspecified atom stereocenters. The number of rotatable bonds is 4. The van der Waals surface area contributed by atoms with Gasteiger partial charge >= 0.3 is 0 Å². The third-order valence-corrected chi connectivity index (χ3v) is 12.7. The lowest BCUT2D eigenvalue weighted by molar-refractivity contribution is 0.632. The van der Waals surface area contributed by atoms with Gasteiger partial charge in [-0.3, -0.25) is 0 Å². The summed E-state index contributed by atoms with van der Waals surface area (Å²) in [5, 5.41) is 5.19. The third-order valence-electron chi connectivity index (χ3n) is 11.6. The lowest BCUT2D eigenvalue weighted by Crippen LogP contribution is -2.30. The summed E-state index contributed by atoms with van der Waals surface area (Å²) in [6, 6.07) is 67.2. The first-order valence-electron chi connectivity index (χ1n) is 18.7. The van der Waals surface area contributed by atoms with Crippen LogP contribution in [0, 0.1) is 0 Å². The second kappa shape index (κ2) is 11.8. The maximum absolute atomic E-state index is 2.45. The largest absolute Gasteiger partial charge is 0.310 e. The molecule has 0 spiro atoms. The van der Waals surface area contributed by atoms with Crippen LogP contribution < -0.4 is 4.90 Å². The molecule has 11 rings (SSSR count). The second-order valence-corrected chi connectivity index (χ2v) is 16.1. The van der Waals surface area contributed by atoms with Gasteiger partial charge in [0.1, 0.15) is 0 Å². The first-order valence-corrected chi connectivity index (χ1v) is 19.5. The topological polar surface area (TPSA) is 8.17 Å². The fourth-order valence-electron chi connectivity index (χ4n) is 8.88. The third kappa shape index (κ3) is 4.65. The van der Waals surface area contributed by atoms with E-state index in [1.807, 2.05) is 11.3 Å². The van der Waals surface area contributed by atoms with Crippen LogP contribution in [-0.2, 0) is 5.41 Å². The molecule has 1 aliphatic heterocycles.